The second-order valence-electron chi connectivity index (χ2n) is 6.82. The van der Waals surface area contributed by atoms with Crippen LogP contribution in [-0.2, 0) is 16.4 Å². The van der Waals surface area contributed by atoms with Gasteiger partial charge < -0.3 is 10.6 Å². The smallest absolute Gasteiger partial charge is 0.236 e. The van der Waals surface area contributed by atoms with Gasteiger partial charge in [-0.15, -0.1) is 0 Å². The molecule has 1 heterocycles. The van der Waals surface area contributed by atoms with Gasteiger partial charge >= 0.3 is 0 Å². The van der Waals surface area contributed by atoms with E-state index in [1.54, 1.807) is 0 Å². The Balaban J connectivity index is 1.71. The molecular formula is C21H24FN2OP. The number of rotatable bonds is 7. The molecule has 0 aromatic heterocycles. The molecule has 0 aliphatic carbocycles. The Labute approximate surface area is 155 Å². The molecule has 1 fully saturated rings. The van der Waals surface area contributed by atoms with Gasteiger partial charge in [0.1, 0.15) is 11.0 Å². The molecule has 1 aliphatic heterocycles. The van der Waals surface area contributed by atoms with Crippen LogP contribution < -0.4 is 5.73 Å². The Kier molecular flexibility index (Phi) is 5.85. The lowest BCUT2D eigenvalue weighted by molar-refractivity contribution is -0.121. The Morgan fingerprint density at radius 2 is 1.92 bits per heavy atom. The molecule has 1 amide bonds. The highest BCUT2D eigenvalue weighted by molar-refractivity contribution is 7.39. The minimum Gasteiger partial charge on any atom is -0.368 e. The zero-order valence-corrected chi connectivity index (χ0v) is 15.7. The number of nitrogens with zero attached hydrogens (tertiary/aromatic N) is 1. The van der Waals surface area contributed by atoms with Crippen LogP contribution in [0.1, 0.15) is 17.5 Å². The number of hydrogen-bond donors (Lipinski definition) is 1. The summed E-state index contributed by atoms with van der Waals surface area (Å²) in [6.07, 6.45) is 5.83. The van der Waals surface area contributed by atoms with E-state index in [0.717, 1.165) is 51.8 Å². The number of likely N-dealkylation sites (tertiary alicyclic amines) is 1. The largest absolute Gasteiger partial charge is 0.368 e. The van der Waals surface area contributed by atoms with Gasteiger partial charge in [0.15, 0.2) is 0 Å². The van der Waals surface area contributed by atoms with Gasteiger partial charge in [0, 0.05) is 13.1 Å². The number of carbonyl (C=O) groups is 1. The fourth-order valence-corrected chi connectivity index (χ4v) is 4.84. The van der Waals surface area contributed by atoms with Crippen LogP contribution >= 0.6 is 8.20 Å². The first-order valence-corrected chi connectivity index (χ1v) is 9.94. The van der Waals surface area contributed by atoms with Gasteiger partial charge in [0.2, 0.25) is 5.91 Å². The molecule has 2 atom stereocenters. The highest BCUT2D eigenvalue weighted by Gasteiger charge is 2.46. The third-order valence-corrected chi connectivity index (χ3v) is 6.67. The molecule has 0 radical (unpaired) electrons. The van der Waals surface area contributed by atoms with E-state index in [0.29, 0.717) is 0 Å². The average Bonchev–Trinajstić information content (AvgIpc) is 3.12. The monoisotopic (exact) mass is 370 g/mol. The molecule has 2 aromatic carbocycles. The van der Waals surface area contributed by atoms with E-state index in [4.69, 9.17) is 5.73 Å². The minimum atomic E-state index is -0.744. The van der Waals surface area contributed by atoms with E-state index in [1.165, 1.54) is 12.1 Å². The molecule has 0 bridgehead atoms. The summed E-state index contributed by atoms with van der Waals surface area (Å²) in [5, 5.41) is -0.744. The van der Waals surface area contributed by atoms with Gasteiger partial charge in [-0.1, -0.05) is 57.0 Å². The highest BCUT2D eigenvalue weighted by atomic mass is 31.1. The normalized spacial score (nSPS) is 20.1. The summed E-state index contributed by atoms with van der Waals surface area (Å²) in [5.41, 5.74) is 7.95. The number of benzene rings is 2. The average molecular weight is 370 g/mol. The van der Waals surface area contributed by atoms with Crippen molar-refractivity contribution >= 4 is 20.4 Å². The fourth-order valence-electron chi connectivity index (χ4n) is 3.88. The van der Waals surface area contributed by atoms with Crippen molar-refractivity contribution in [1.82, 2.24) is 4.90 Å². The Morgan fingerprint density at radius 1 is 1.23 bits per heavy atom. The SMILES string of the molecule is C=PC(C(N)=O)(c1ccccc1)C1CCN(CCc2ccc(F)cc2)C1. The van der Waals surface area contributed by atoms with Crippen molar-refractivity contribution < 1.29 is 9.18 Å². The van der Waals surface area contributed by atoms with Gasteiger partial charge in [-0.25, -0.2) is 4.39 Å². The third kappa shape index (κ3) is 3.72. The number of halogens is 1. The summed E-state index contributed by atoms with van der Waals surface area (Å²) < 4.78 is 13.0. The summed E-state index contributed by atoms with van der Waals surface area (Å²) in [6.45, 7) is 2.64. The molecule has 2 N–H and O–H groups in total. The maximum Gasteiger partial charge on any atom is 0.236 e. The first-order valence-electron chi connectivity index (χ1n) is 8.86. The van der Waals surface area contributed by atoms with Crippen LogP contribution in [-0.4, -0.2) is 36.7 Å². The lowest BCUT2D eigenvalue weighted by Crippen LogP contribution is -2.44. The summed E-state index contributed by atoms with van der Waals surface area (Å²) >= 11 is 0. The quantitative estimate of drug-likeness (QED) is 0.759. The molecule has 136 valence electrons. The Morgan fingerprint density at radius 3 is 2.54 bits per heavy atom. The predicted molar refractivity (Wildman–Crippen MR) is 106 cm³/mol. The van der Waals surface area contributed by atoms with Gasteiger partial charge in [0.05, 0.1) is 0 Å². The number of nitrogens with two attached hydrogens (primary N) is 1. The van der Waals surface area contributed by atoms with Gasteiger partial charge in [-0.05, 0) is 48.6 Å². The molecule has 26 heavy (non-hydrogen) atoms. The molecule has 5 heteroatoms. The molecule has 3 rings (SSSR count). The number of amides is 1. The van der Waals surface area contributed by atoms with Gasteiger partial charge in [-0.2, -0.15) is 0 Å². The molecule has 2 aromatic rings. The van der Waals surface area contributed by atoms with Crippen molar-refractivity contribution in [3.05, 3.63) is 71.5 Å². The molecule has 1 aliphatic rings. The van der Waals surface area contributed by atoms with Crippen molar-refractivity contribution in [1.29, 1.82) is 0 Å². The van der Waals surface area contributed by atoms with Crippen molar-refractivity contribution in [2.45, 2.75) is 18.0 Å². The van der Waals surface area contributed by atoms with Crippen LogP contribution in [0.15, 0.2) is 54.6 Å². The van der Waals surface area contributed by atoms with Crippen molar-refractivity contribution in [2.75, 3.05) is 19.6 Å². The minimum absolute atomic E-state index is 0.148. The second-order valence-corrected chi connectivity index (χ2v) is 7.84. The van der Waals surface area contributed by atoms with E-state index < -0.39 is 5.16 Å². The highest BCUT2D eigenvalue weighted by Crippen LogP contribution is 2.45. The maximum absolute atomic E-state index is 13.0. The lowest BCUT2D eigenvalue weighted by atomic mass is 9.83. The van der Waals surface area contributed by atoms with Crippen LogP contribution in [0.3, 0.4) is 0 Å². The van der Waals surface area contributed by atoms with Crippen LogP contribution in [0, 0.1) is 11.7 Å². The molecule has 0 spiro atoms. The van der Waals surface area contributed by atoms with Crippen molar-refractivity contribution in [2.24, 2.45) is 11.7 Å². The van der Waals surface area contributed by atoms with Crippen LogP contribution in [0.5, 0.6) is 0 Å². The van der Waals surface area contributed by atoms with Crippen molar-refractivity contribution in [3.63, 3.8) is 0 Å². The standard InChI is InChI=1S/C21H24FN2OP/c1-26-21(20(23)25,17-5-3-2-4-6-17)18-12-14-24(15-18)13-11-16-7-9-19(22)10-8-16/h2-10,18H,1,11-15H2,(H2,23,25). The number of hydrogen-bond acceptors (Lipinski definition) is 2. The van der Waals surface area contributed by atoms with Crippen LogP contribution in [0.4, 0.5) is 4.39 Å². The second kappa shape index (κ2) is 8.11. The van der Waals surface area contributed by atoms with E-state index >= 15 is 0 Å². The third-order valence-electron chi connectivity index (χ3n) is 5.33. The molecule has 1 saturated heterocycles. The maximum atomic E-state index is 13.0. The van der Waals surface area contributed by atoms with Gasteiger partial charge in [-0.3, -0.25) is 4.79 Å². The van der Waals surface area contributed by atoms with E-state index in [2.05, 4.69) is 11.2 Å². The van der Waals surface area contributed by atoms with E-state index in [1.807, 2.05) is 42.5 Å². The first-order chi connectivity index (χ1) is 12.6. The number of carbonyl (C=O) groups excluding carboxylic acids is 1. The molecule has 3 nitrogen and oxygen atoms in total. The lowest BCUT2D eigenvalue weighted by Gasteiger charge is -2.33. The van der Waals surface area contributed by atoms with E-state index in [-0.39, 0.29) is 17.6 Å². The Bertz CT molecular complexity index is 765. The zero-order chi connectivity index (χ0) is 18.6. The summed E-state index contributed by atoms with van der Waals surface area (Å²) in [7, 11) is 0.741. The van der Waals surface area contributed by atoms with Crippen LogP contribution in [0.2, 0.25) is 0 Å². The predicted octanol–water partition coefficient (Wildman–Crippen LogP) is 3.45. The summed E-state index contributed by atoms with van der Waals surface area (Å²) in [4.78, 5) is 14.8. The summed E-state index contributed by atoms with van der Waals surface area (Å²) in [5.74, 6) is -0.362. The first kappa shape index (κ1) is 18.8. The molecular weight excluding hydrogens is 346 g/mol. The Hall–Kier alpha value is -2.03. The zero-order valence-electron chi connectivity index (χ0n) is 14.8. The van der Waals surface area contributed by atoms with E-state index in [9.17, 15) is 9.18 Å². The van der Waals surface area contributed by atoms with Gasteiger partial charge in [0.25, 0.3) is 0 Å². The topological polar surface area (TPSA) is 46.3 Å². The van der Waals surface area contributed by atoms with Crippen LogP contribution in [0.25, 0.3) is 0 Å². The number of primary amides is 1. The molecule has 2 unspecified atom stereocenters. The van der Waals surface area contributed by atoms with Crippen molar-refractivity contribution in [3.8, 4) is 0 Å². The fraction of sp³-hybridized carbons (Fsp3) is 0.333. The summed E-state index contributed by atoms with van der Waals surface area (Å²) in [6, 6.07) is 16.4. The molecule has 0 saturated carbocycles.